The van der Waals surface area contributed by atoms with Crippen LogP contribution in [0.2, 0.25) is 5.02 Å². The molecule has 5 nitrogen and oxygen atoms in total. The summed E-state index contributed by atoms with van der Waals surface area (Å²) in [5.41, 5.74) is 0.0609. The highest BCUT2D eigenvalue weighted by atomic mass is 35.5. The van der Waals surface area contributed by atoms with Gasteiger partial charge in [0.25, 0.3) is 0 Å². The van der Waals surface area contributed by atoms with Crippen LogP contribution < -0.4 is 5.32 Å². The quantitative estimate of drug-likeness (QED) is 0.232. The van der Waals surface area contributed by atoms with Crippen molar-refractivity contribution in [2.24, 2.45) is 0 Å². The highest BCUT2D eigenvalue weighted by Crippen LogP contribution is 2.38. The minimum absolute atomic E-state index is 0.133. The fourth-order valence-corrected chi connectivity index (χ4v) is 4.53. The van der Waals surface area contributed by atoms with E-state index < -0.39 is 17.5 Å². The van der Waals surface area contributed by atoms with Crippen molar-refractivity contribution in [1.29, 1.82) is 0 Å². The number of aromatic carboxylic acids is 1. The van der Waals surface area contributed by atoms with Gasteiger partial charge in [-0.3, -0.25) is 0 Å². The van der Waals surface area contributed by atoms with Crippen molar-refractivity contribution < 1.29 is 23.8 Å². The Kier molecular flexibility index (Phi) is 11.8. The summed E-state index contributed by atoms with van der Waals surface area (Å²) in [6.45, 7) is 3.57. The summed E-state index contributed by atoms with van der Waals surface area (Å²) < 4.78 is 26.1. The van der Waals surface area contributed by atoms with Crippen LogP contribution in [0, 0.1) is 0 Å². The van der Waals surface area contributed by atoms with Gasteiger partial charge in [-0.15, -0.1) is 0 Å². The van der Waals surface area contributed by atoms with Gasteiger partial charge in [0.2, 0.25) is 5.92 Å². The number of unbranched alkanes of at least 4 members (excludes halogenated alkanes) is 7. The van der Waals surface area contributed by atoms with E-state index in [1.807, 2.05) is 0 Å². The molecular formula is C26H39ClF2N2O3. The molecule has 1 saturated carbocycles. The second-order valence-corrected chi connectivity index (χ2v) is 9.78. The van der Waals surface area contributed by atoms with Gasteiger partial charge in [-0.1, -0.05) is 63.5 Å². The molecule has 0 aliphatic heterocycles. The summed E-state index contributed by atoms with van der Waals surface area (Å²) in [4.78, 5) is 13.6. The van der Waals surface area contributed by atoms with Crippen molar-refractivity contribution in [2.45, 2.75) is 95.5 Å². The van der Waals surface area contributed by atoms with Gasteiger partial charge in [0.1, 0.15) is 0 Å². The first kappa shape index (κ1) is 28.5. The number of alkyl halides is 2. The number of nitrogens with one attached hydrogen (secondary N) is 2. The van der Waals surface area contributed by atoms with Crippen LogP contribution >= 0.6 is 11.6 Å². The molecule has 0 spiro atoms. The molecule has 0 bridgehead atoms. The SMILES string of the molecule is CCCCCCCCCCNCC1(O)CCC(F)(F)CC1.O=C(O)c1ccc2[nH]ccc2c1Cl. The van der Waals surface area contributed by atoms with Gasteiger partial charge < -0.3 is 20.5 Å². The molecule has 1 aliphatic rings. The van der Waals surface area contributed by atoms with Crippen molar-refractivity contribution in [3.8, 4) is 0 Å². The van der Waals surface area contributed by atoms with E-state index in [9.17, 15) is 18.7 Å². The number of hydrogen-bond donors (Lipinski definition) is 4. The Labute approximate surface area is 206 Å². The zero-order valence-corrected chi connectivity index (χ0v) is 20.9. The van der Waals surface area contributed by atoms with Crippen LogP contribution in [0.3, 0.4) is 0 Å². The van der Waals surface area contributed by atoms with E-state index in [0.717, 1.165) is 23.9 Å². The highest BCUT2D eigenvalue weighted by molar-refractivity contribution is 6.38. The molecule has 3 rings (SSSR count). The van der Waals surface area contributed by atoms with Crippen LogP contribution in [0.1, 0.15) is 94.3 Å². The molecule has 1 heterocycles. The number of benzene rings is 1. The lowest BCUT2D eigenvalue weighted by Crippen LogP contribution is -2.46. The summed E-state index contributed by atoms with van der Waals surface area (Å²) in [5.74, 6) is -3.57. The van der Waals surface area contributed by atoms with Crippen molar-refractivity contribution in [2.75, 3.05) is 13.1 Å². The number of aromatic amines is 1. The van der Waals surface area contributed by atoms with Crippen molar-refractivity contribution in [1.82, 2.24) is 10.3 Å². The molecule has 192 valence electrons. The monoisotopic (exact) mass is 500 g/mol. The number of carboxylic acid groups (broad SMARTS) is 1. The molecular weight excluding hydrogens is 462 g/mol. The summed E-state index contributed by atoms with van der Waals surface area (Å²) in [5, 5.41) is 23.3. The topological polar surface area (TPSA) is 85.3 Å². The number of fused-ring (bicyclic) bond motifs is 1. The van der Waals surface area contributed by atoms with Gasteiger partial charge in [-0.2, -0.15) is 0 Å². The van der Waals surface area contributed by atoms with E-state index in [0.29, 0.717) is 6.54 Å². The third kappa shape index (κ3) is 9.51. The number of carboxylic acids is 1. The van der Waals surface area contributed by atoms with E-state index in [1.165, 1.54) is 51.0 Å². The first-order chi connectivity index (χ1) is 16.2. The Morgan fingerprint density at radius 2 is 1.65 bits per heavy atom. The molecule has 34 heavy (non-hydrogen) atoms. The van der Waals surface area contributed by atoms with Crippen LogP contribution in [0.15, 0.2) is 24.4 Å². The predicted octanol–water partition coefficient (Wildman–Crippen LogP) is 7.18. The minimum atomic E-state index is -2.57. The fourth-order valence-electron chi connectivity index (χ4n) is 4.22. The van der Waals surface area contributed by atoms with Crippen LogP contribution in [0.4, 0.5) is 8.78 Å². The number of hydrogen-bond acceptors (Lipinski definition) is 3. The third-order valence-electron chi connectivity index (χ3n) is 6.47. The Balaban J connectivity index is 0.000000266. The first-order valence-corrected chi connectivity index (χ1v) is 12.8. The maximum atomic E-state index is 13.1. The largest absolute Gasteiger partial charge is 0.478 e. The number of halogens is 3. The predicted molar refractivity (Wildman–Crippen MR) is 134 cm³/mol. The van der Waals surface area contributed by atoms with Crippen molar-refractivity contribution >= 4 is 28.5 Å². The highest BCUT2D eigenvalue weighted by Gasteiger charge is 2.41. The van der Waals surface area contributed by atoms with Gasteiger partial charge >= 0.3 is 5.97 Å². The molecule has 1 aliphatic carbocycles. The second-order valence-electron chi connectivity index (χ2n) is 9.40. The first-order valence-electron chi connectivity index (χ1n) is 12.5. The molecule has 2 aromatic rings. The fraction of sp³-hybridized carbons (Fsp3) is 0.654. The molecule has 0 saturated heterocycles. The molecule has 1 aromatic carbocycles. The second kappa shape index (κ2) is 14.0. The number of aromatic nitrogens is 1. The summed E-state index contributed by atoms with van der Waals surface area (Å²) >= 11 is 5.88. The Bertz CT molecular complexity index is 878. The molecule has 0 radical (unpaired) electrons. The normalized spacial score (nSPS) is 16.7. The molecule has 4 N–H and O–H groups in total. The van der Waals surface area contributed by atoms with Gasteiger partial charge in [0, 0.05) is 36.5 Å². The molecule has 0 amide bonds. The maximum absolute atomic E-state index is 13.1. The van der Waals surface area contributed by atoms with Crippen molar-refractivity contribution in [3.63, 3.8) is 0 Å². The number of aliphatic hydroxyl groups is 1. The standard InChI is InChI=1S/C17H33F2NO.C9H6ClNO2/c1-2-3-4-5-6-7-8-9-14-20-15-16(21)10-12-17(18,19)13-11-16;10-8-5-3-4-11-7(5)2-1-6(8)9(12)13/h20-21H,2-15H2,1H3;1-4,11H,(H,12,13). The van der Waals surface area contributed by atoms with E-state index in [2.05, 4.69) is 17.2 Å². The van der Waals surface area contributed by atoms with Gasteiger partial charge in [-0.05, 0) is 44.0 Å². The van der Waals surface area contributed by atoms with Crippen LogP contribution in [-0.2, 0) is 0 Å². The summed E-state index contributed by atoms with van der Waals surface area (Å²) in [7, 11) is 0. The average molecular weight is 501 g/mol. The van der Waals surface area contributed by atoms with Crippen LogP contribution in [0.25, 0.3) is 10.9 Å². The number of carbonyl (C=O) groups is 1. The van der Waals surface area contributed by atoms with Crippen molar-refractivity contribution in [3.05, 3.63) is 35.0 Å². The van der Waals surface area contributed by atoms with Gasteiger partial charge in [0.05, 0.1) is 16.2 Å². The van der Waals surface area contributed by atoms with E-state index in [4.69, 9.17) is 16.7 Å². The summed E-state index contributed by atoms with van der Waals surface area (Å²) in [6, 6.07) is 4.94. The molecule has 0 atom stereocenters. The van der Waals surface area contributed by atoms with Gasteiger partial charge in [0.15, 0.2) is 0 Å². The Morgan fingerprint density at radius 3 is 2.26 bits per heavy atom. The summed E-state index contributed by atoms with van der Waals surface area (Å²) in [6.07, 6.45) is 12.1. The van der Waals surface area contributed by atoms with Crippen LogP contribution in [-0.4, -0.2) is 45.8 Å². The number of rotatable bonds is 12. The lowest BCUT2D eigenvalue weighted by molar-refractivity contribution is -0.102. The zero-order chi connectivity index (χ0) is 25.0. The third-order valence-corrected chi connectivity index (χ3v) is 6.88. The van der Waals surface area contributed by atoms with Crippen LogP contribution in [0.5, 0.6) is 0 Å². The Hall–Kier alpha value is -1.70. The lowest BCUT2D eigenvalue weighted by atomic mass is 9.83. The molecule has 1 fully saturated rings. The molecule has 1 aromatic heterocycles. The lowest BCUT2D eigenvalue weighted by Gasteiger charge is -2.36. The Morgan fingerprint density at radius 1 is 1.03 bits per heavy atom. The zero-order valence-electron chi connectivity index (χ0n) is 20.1. The average Bonchev–Trinajstić information content (AvgIpc) is 3.28. The molecule has 8 heteroatoms. The van der Waals surface area contributed by atoms with Gasteiger partial charge in [-0.25, -0.2) is 13.6 Å². The van der Waals surface area contributed by atoms with E-state index in [1.54, 1.807) is 18.3 Å². The molecule has 0 unspecified atom stereocenters. The smallest absolute Gasteiger partial charge is 0.337 e. The minimum Gasteiger partial charge on any atom is -0.478 e. The number of H-pyrrole nitrogens is 1. The maximum Gasteiger partial charge on any atom is 0.337 e. The van der Waals surface area contributed by atoms with E-state index in [-0.39, 0.29) is 36.3 Å². The van der Waals surface area contributed by atoms with E-state index >= 15 is 0 Å².